The number of benzene rings is 1. The van der Waals surface area contributed by atoms with Crippen molar-refractivity contribution in [1.29, 1.82) is 0 Å². The molecule has 0 atom stereocenters. The van der Waals surface area contributed by atoms with Gasteiger partial charge in [-0.2, -0.15) is 17.5 Å². The monoisotopic (exact) mass is 341 g/mol. The van der Waals surface area contributed by atoms with Crippen molar-refractivity contribution < 1.29 is 21.6 Å². The topological polar surface area (TPSA) is 37.4 Å². The molecule has 118 valence electrons. The summed E-state index contributed by atoms with van der Waals surface area (Å²) >= 11 is 5.67. The summed E-state index contributed by atoms with van der Waals surface area (Å²) < 4.78 is 63.8. The van der Waals surface area contributed by atoms with Crippen LogP contribution >= 0.6 is 11.6 Å². The highest BCUT2D eigenvalue weighted by Gasteiger charge is 2.43. The highest BCUT2D eigenvalue weighted by atomic mass is 35.5. The van der Waals surface area contributed by atoms with E-state index in [4.69, 9.17) is 11.6 Å². The number of rotatable bonds is 3. The third kappa shape index (κ3) is 3.70. The lowest BCUT2D eigenvalue weighted by atomic mass is 9.98. The number of sulfonamides is 1. The molecule has 0 unspecified atom stereocenters. The van der Waals surface area contributed by atoms with E-state index in [-0.39, 0.29) is 36.7 Å². The molecule has 0 aromatic heterocycles. The van der Waals surface area contributed by atoms with Crippen LogP contribution < -0.4 is 0 Å². The molecule has 0 spiro atoms. The van der Waals surface area contributed by atoms with Gasteiger partial charge in [-0.15, -0.1) is 11.6 Å². The molecule has 1 aromatic rings. The zero-order chi connectivity index (χ0) is 15.7. The smallest absolute Gasteiger partial charge is 0.207 e. The van der Waals surface area contributed by atoms with Gasteiger partial charge in [0.1, 0.15) is 0 Å². The van der Waals surface area contributed by atoms with Crippen molar-refractivity contribution in [2.45, 2.75) is 29.8 Å². The SMILES string of the molecule is O=S(=O)(c1cccc(CCl)c1)N1CCC(C(F)(F)F)CC1. The summed E-state index contributed by atoms with van der Waals surface area (Å²) in [5, 5.41) is 0. The van der Waals surface area contributed by atoms with Crippen molar-refractivity contribution in [3.63, 3.8) is 0 Å². The van der Waals surface area contributed by atoms with Gasteiger partial charge in [0.25, 0.3) is 0 Å². The van der Waals surface area contributed by atoms with Crippen LogP contribution in [-0.2, 0) is 15.9 Å². The first kappa shape index (κ1) is 16.6. The zero-order valence-corrected chi connectivity index (χ0v) is 12.7. The molecule has 1 saturated heterocycles. The lowest BCUT2D eigenvalue weighted by Crippen LogP contribution is -2.42. The molecule has 0 bridgehead atoms. The summed E-state index contributed by atoms with van der Waals surface area (Å²) in [6.45, 7) is -0.227. The average molecular weight is 342 g/mol. The standard InChI is InChI=1S/C13H15ClF3NO2S/c14-9-10-2-1-3-12(8-10)21(19,20)18-6-4-11(5-7-18)13(15,16)17/h1-3,8,11H,4-7,9H2. The van der Waals surface area contributed by atoms with Crippen molar-refractivity contribution in [2.24, 2.45) is 5.92 Å². The maximum absolute atomic E-state index is 12.6. The molecule has 21 heavy (non-hydrogen) atoms. The Bertz CT molecular complexity index is 596. The second kappa shape index (κ2) is 6.14. The Morgan fingerprint density at radius 3 is 2.38 bits per heavy atom. The maximum atomic E-state index is 12.6. The van der Waals surface area contributed by atoms with Gasteiger partial charge in [-0.05, 0) is 30.5 Å². The lowest BCUT2D eigenvalue weighted by molar-refractivity contribution is -0.182. The maximum Gasteiger partial charge on any atom is 0.391 e. The van der Waals surface area contributed by atoms with E-state index < -0.39 is 22.1 Å². The Hall–Kier alpha value is -0.790. The van der Waals surface area contributed by atoms with E-state index in [0.717, 1.165) is 4.31 Å². The van der Waals surface area contributed by atoms with Crippen LogP contribution in [0.25, 0.3) is 0 Å². The van der Waals surface area contributed by atoms with Crippen molar-refractivity contribution in [3.05, 3.63) is 29.8 Å². The van der Waals surface area contributed by atoms with Crippen molar-refractivity contribution >= 4 is 21.6 Å². The summed E-state index contributed by atoms with van der Waals surface area (Å²) in [7, 11) is -3.76. The van der Waals surface area contributed by atoms with Gasteiger partial charge in [-0.25, -0.2) is 8.42 Å². The highest BCUT2D eigenvalue weighted by molar-refractivity contribution is 7.89. The normalized spacial score (nSPS) is 18.9. The Morgan fingerprint density at radius 2 is 1.86 bits per heavy atom. The molecule has 0 amide bonds. The van der Waals surface area contributed by atoms with Crippen LogP contribution in [0.1, 0.15) is 18.4 Å². The van der Waals surface area contributed by atoms with E-state index in [1.165, 1.54) is 12.1 Å². The van der Waals surface area contributed by atoms with Gasteiger partial charge in [0.2, 0.25) is 10.0 Å². The van der Waals surface area contributed by atoms with Crippen molar-refractivity contribution in [2.75, 3.05) is 13.1 Å². The Balaban J connectivity index is 2.15. The minimum atomic E-state index is -4.26. The van der Waals surface area contributed by atoms with Crippen LogP contribution in [0.2, 0.25) is 0 Å². The van der Waals surface area contributed by atoms with E-state index in [9.17, 15) is 21.6 Å². The Kier molecular flexibility index (Phi) is 4.85. The van der Waals surface area contributed by atoms with Gasteiger partial charge < -0.3 is 0 Å². The number of nitrogens with zero attached hydrogens (tertiary/aromatic N) is 1. The van der Waals surface area contributed by atoms with E-state index >= 15 is 0 Å². The fourth-order valence-corrected chi connectivity index (χ4v) is 4.07. The largest absolute Gasteiger partial charge is 0.391 e. The minimum Gasteiger partial charge on any atom is -0.207 e. The molecule has 0 N–H and O–H groups in total. The van der Waals surface area contributed by atoms with Crippen LogP contribution in [0.4, 0.5) is 13.2 Å². The summed E-state index contributed by atoms with van der Waals surface area (Å²) in [6, 6.07) is 6.16. The number of hydrogen-bond acceptors (Lipinski definition) is 2. The molecule has 3 nitrogen and oxygen atoms in total. The zero-order valence-electron chi connectivity index (χ0n) is 11.1. The summed E-state index contributed by atoms with van der Waals surface area (Å²) in [5.74, 6) is -1.24. The van der Waals surface area contributed by atoms with Crippen LogP contribution in [0, 0.1) is 5.92 Å². The van der Waals surface area contributed by atoms with E-state index in [1.807, 2.05) is 0 Å². The lowest BCUT2D eigenvalue weighted by Gasteiger charge is -2.32. The predicted molar refractivity (Wildman–Crippen MR) is 73.5 cm³/mol. The van der Waals surface area contributed by atoms with Crippen LogP contribution in [0.3, 0.4) is 0 Å². The molecular formula is C13H15ClF3NO2S. The quantitative estimate of drug-likeness (QED) is 0.790. The van der Waals surface area contributed by atoms with Crippen molar-refractivity contribution in [1.82, 2.24) is 4.31 Å². The third-order valence-electron chi connectivity index (χ3n) is 3.61. The highest BCUT2D eigenvalue weighted by Crippen LogP contribution is 2.35. The fourth-order valence-electron chi connectivity index (χ4n) is 2.36. The van der Waals surface area contributed by atoms with E-state index in [2.05, 4.69) is 0 Å². The third-order valence-corrected chi connectivity index (χ3v) is 5.81. The number of halogens is 4. The molecule has 1 aromatic carbocycles. The molecule has 2 rings (SSSR count). The molecule has 1 fully saturated rings. The summed E-state index contributed by atoms with van der Waals surface area (Å²) in [4.78, 5) is 0.0751. The second-order valence-corrected chi connectivity index (χ2v) is 7.21. The van der Waals surface area contributed by atoms with Gasteiger partial charge in [0.15, 0.2) is 0 Å². The number of alkyl halides is 4. The Morgan fingerprint density at radius 1 is 1.24 bits per heavy atom. The average Bonchev–Trinajstić information content (AvgIpc) is 2.46. The van der Waals surface area contributed by atoms with Gasteiger partial charge in [0.05, 0.1) is 10.8 Å². The van der Waals surface area contributed by atoms with E-state index in [1.54, 1.807) is 12.1 Å². The second-order valence-electron chi connectivity index (χ2n) is 5.00. The minimum absolute atomic E-state index is 0.0751. The van der Waals surface area contributed by atoms with Crippen LogP contribution in [0.15, 0.2) is 29.2 Å². The van der Waals surface area contributed by atoms with Gasteiger partial charge in [-0.3, -0.25) is 0 Å². The first-order chi connectivity index (χ1) is 9.75. The van der Waals surface area contributed by atoms with Crippen LogP contribution in [0.5, 0.6) is 0 Å². The summed E-state index contributed by atoms with van der Waals surface area (Å²) in [6.07, 6.45) is -4.65. The number of piperidine rings is 1. The fraction of sp³-hybridized carbons (Fsp3) is 0.538. The van der Waals surface area contributed by atoms with Crippen molar-refractivity contribution in [3.8, 4) is 0 Å². The molecule has 1 aliphatic heterocycles. The molecule has 0 saturated carbocycles. The first-order valence-electron chi connectivity index (χ1n) is 6.47. The van der Waals surface area contributed by atoms with Crippen LogP contribution in [-0.4, -0.2) is 32.0 Å². The molecule has 1 heterocycles. The van der Waals surface area contributed by atoms with Gasteiger partial charge >= 0.3 is 6.18 Å². The number of hydrogen-bond donors (Lipinski definition) is 0. The molecule has 0 aliphatic carbocycles. The first-order valence-corrected chi connectivity index (χ1v) is 8.44. The molecule has 0 radical (unpaired) electrons. The Labute approximate surface area is 126 Å². The predicted octanol–water partition coefficient (Wildman–Crippen LogP) is 3.39. The molecular weight excluding hydrogens is 327 g/mol. The van der Waals surface area contributed by atoms with Gasteiger partial charge in [0, 0.05) is 19.0 Å². The summed E-state index contributed by atoms with van der Waals surface area (Å²) in [5.41, 5.74) is 0.655. The van der Waals surface area contributed by atoms with E-state index in [0.29, 0.717) is 5.56 Å². The molecule has 8 heteroatoms. The van der Waals surface area contributed by atoms with Gasteiger partial charge in [-0.1, -0.05) is 12.1 Å². The molecule has 1 aliphatic rings.